The number of rotatable bonds is 5. The van der Waals surface area contributed by atoms with Crippen LogP contribution in [-0.2, 0) is 0 Å². The van der Waals surface area contributed by atoms with Crippen LogP contribution in [-0.4, -0.2) is 41.2 Å². The minimum absolute atomic E-state index is 0.325. The van der Waals surface area contributed by atoms with E-state index in [1.807, 2.05) is 43.0 Å². The number of aromatic amines is 2. The van der Waals surface area contributed by atoms with Crippen molar-refractivity contribution in [2.45, 2.75) is 19.9 Å². The molecule has 8 nitrogen and oxygen atoms in total. The number of pyridine rings is 4. The maximum absolute atomic E-state index is 4.61. The van der Waals surface area contributed by atoms with Crippen LogP contribution in [0.1, 0.15) is 13.8 Å². The Hall–Kier alpha value is -4.59. The van der Waals surface area contributed by atoms with Gasteiger partial charge >= 0.3 is 0 Å². The highest BCUT2D eigenvalue weighted by Gasteiger charge is 2.15. The molecule has 0 aliphatic carbocycles. The van der Waals surface area contributed by atoms with Gasteiger partial charge in [0.15, 0.2) is 5.65 Å². The molecule has 0 radical (unpaired) electrons. The van der Waals surface area contributed by atoms with Gasteiger partial charge in [-0.1, -0.05) is 0 Å². The van der Waals surface area contributed by atoms with Gasteiger partial charge in [-0.2, -0.15) is 5.10 Å². The number of hydrogen-bond acceptors (Lipinski definition) is 6. The maximum atomic E-state index is 4.61. The Morgan fingerprint density at radius 3 is 2.53 bits per heavy atom. The molecular weight excluding hydrogens is 424 g/mol. The zero-order chi connectivity index (χ0) is 23.1. The Bertz CT molecular complexity index is 1610. The lowest BCUT2D eigenvalue weighted by Crippen LogP contribution is -2.09. The van der Waals surface area contributed by atoms with E-state index in [2.05, 4.69) is 72.5 Å². The van der Waals surface area contributed by atoms with E-state index in [4.69, 9.17) is 0 Å². The summed E-state index contributed by atoms with van der Waals surface area (Å²) in [4.78, 5) is 21.4. The Balaban J connectivity index is 1.45. The maximum Gasteiger partial charge on any atom is 0.155 e. The quantitative estimate of drug-likeness (QED) is 0.325. The molecule has 3 N–H and O–H groups in total. The molecule has 0 fully saturated rings. The van der Waals surface area contributed by atoms with Gasteiger partial charge in [0.2, 0.25) is 0 Å². The first-order valence-corrected chi connectivity index (χ1v) is 11.1. The van der Waals surface area contributed by atoms with E-state index in [-0.39, 0.29) is 0 Å². The fraction of sp³-hybridized carbons (Fsp3) is 0.115. The van der Waals surface area contributed by atoms with Crippen molar-refractivity contribution in [1.82, 2.24) is 35.1 Å². The lowest BCUT2D eigenvalue weighted by Gasteiger charge is -2.10. The molecule has 34 heavy (non-hydrogen) atoms. The fourth-order valence-electron chi connectivity index (χ4n) is 4.19. The molecular formula is C26H22N8. The lowest BCUT2D eigenvalue weighted by molar-refractivity contribution is 0.898. The van der Waals surface area contributed by atoms with E-state index in [0.29, 0.717) is 6.04 Å². The molecule has 0 spiro atoms. The summed E-state index contributed by atoms with van der Waals surface area (Å²) >= 11 is 0. The van der Waals surface area contributed by atoms with Gasteiger partial charge in [0.25, 0.3) is 0 Å². The van der Waals surface area contributed by atoms with Crippen molar-refractivity contribution < 1.29 is 0 Å². The summed E-state index contributed by atoms with van der Waals surface area (Å²) in [6.07, 6.45) is 10.9. The van der Waals surface area contributed by atoms with Gasteiger partial charge in [0.1, 0.15) is 5.69 Å². The van der Waals surface area contributed by atoms with Crippen molar-refractivity contribution in [3.8, 4) is 33.8 Å². The second-order valence-electron chi connectivity index (χ2n) is 8.50. The SMILES string of the molecule is CC(C)Nc1cncc(-c2cnc3[nH]nc(-c4cc5c(-c6cccnc6)nccc5[nH]4)c3c2)c1. The number of nitrogens with zero attached hydrogens (tertiary/aromatic N) is 5. The van der Waals surface area contributed by atoms with Crippen molar-refractivity contribution >= 4 is 27.6 Å². The van der Waals surface area contributed by atoms with Crippen LogP contribution in [0.2, 0.25) is 0 Å². The van der Waals surface area contributed by atoms with E-state index in [9.17, 15) is 0 Å². The number of anilines is 1. The molecule has 0 aromatic carbocycles. The minimum atomic E-state index is 0.325. The Labute approximate surface area is 195 Å². The zero-order valence-electron chi connectivity index (χ0n) is 18.7. The summed E-state index contributed by atoms with van der Waals surface area (Å²) in [5.41, 5.74) is 8.22. The normalized spacial score (nSPS) is 11.5. The van der Waals surface area contributed by atoms with Gasteiger partial charge in [-0.05, 0) is 50.2 Å². The predicted octanol–water partition coefficient (Wildman–Crippen LogP) is 5.45. The molecule has 6 aromatic heterocycles. The van der Waals surface area contributed by atoms with Crippen molar-refractivity contribution in [1.29, 1.82) is 0 Å². The average Bonchev–Trinajstić information content (AvgIpc) is 3.48. The average molecular weight is 447 g/mol. The molecule has 0 amide bonds. The number of hydrogen-bond donors (Lipinski definition) is 3. The molecule has 6 heterocycles. The zero-order valence-corrected chi connectivity index (χ0v) is 18.7. The van der Waals surface area contributed by atoms with Crippen LogP contribution in [0.4, 0.5) is 5.69 Å². The van der Waals surface area contributed by atoms with Crippen molar-refractivity contribution in [2.24, 2.45) is 0 Å². The molecule has 0 saturated carbocycles. The molecule has 8 heteroatoms. The van der Waals surface area contributed by atoms with Gasteiger partial charge in [-0.25, -0.2) is 4.98 Å². The summed E-state index contributed by atoms with van der Waals surface area (Å²) in [5.74, 6) is 0. The molecule has 6 aromatic rings. The van der Waals surface area contributed by atoms with Crippen LogP contribution in [0.5, 0.6) is 0 Å². The number of nitrogens with one attached hydrogen (secondary N) is 3. The second-order valence-corrected chi connectivity index (χ2v) is 8.50. The van der Waals surface area contributed by atoms with Gasteiger partial charge in [-0.15, -0.1) is 0 Å². The van der Waals surface area contributed by atoms with E-state index in [1.165, 1.54) is 0 Å². The largest absolute Gasteiger partial charge is 0.382 e. The summed E-state index contributed by atoms with van der Waals surface area (Å²) in [5, 5.41) is 13.0. The van der Waals surface area contributed by atoms with E-state index < -0.39 is 0 Å². The minimum Gasteiger partial charge on any atom is -0.382 e. The van der Waals surface area contributed by atoms with Crippen LogP contribution in [0.25, 0.3) is 55.7 Å². The van der Waals surface area contributed by atoms with Gasteiger partial charge in [0.05, 0.1) is 17.1 Å². The standard InChI is InChI=1S/C26H22N8/c1-15(2)31-19-8-17(12-28-14-19)18-9-21-25(33-34-26(21)30-13-18)23-10-20-22(32-23)5-7-29-24(20)16-4-3-6-27-11-16/h3-15,31-32H,1-2H3,(H,30,33,34). The van der Waals surface area contributed by atoms with Crippen molar-refractivity contribution in [3.05, 3.63) is 73.6 Å². The summed E-state index contributed by atoms with van der Waals surface area (Å²) in [7, 11) is 0. The predicted molar refractivity (Wildman–Crippen MR) is 134 cm³/mol. The number of aromatic nitrogens is 7. The van der Waals surface area contributed by atoms with Gasteiger partial charge < -0.3 is 10.3 Å². The lowest BCUT2D eigenvalue weighted by atomic mass is 10.1. The highest BCUT2D eigenvalue weighted by Crippen LogP contribution is 2.33. The third kappa shape index (κ3) is 3.55. The monoisotopic (exact) mass is 446 g/mol. The highest BCUT2D eigenvalue weighted by molar-refractivity contribution is 5.99. The third-order valence-corrected chi connectivity index (χ3v) is 5.68. The van der Waals surface area contributed by atoms with Gasteiger partial charge in [-0.3, -0.25) is 20.1 Å². The van der Waals surface area contributed by atoms with Crippen molar-refractivity contribution in [3.63, 3.8) is 0 Å². The fourth-order valence-corrected chi connectivity index (χ4v) is 4.19. The molecule has 0 aliphatic heterocycles. The van der Waals surface area contributed by atoms with Crippen LogP contribution in [0.3, 0.4) is 0 Å². The Morgan fingerprint density at radius 2 is 1.68 bits per heavy atom. The smallest absolute Gasteiger partial charge is 0.155 e. The highest BCUT2D eigenvalue weighted by atomic mass is 15.2. The van der Waals surface area contributed by atoms with E-state index in [1.54, 1.807) is 12.4 Å². The summed E-state index contributed by atoms with van der Waals surface area (Å²) in [6.45, 7) is 4.21. The summed E-state index contributed by atoms with van der Waals surface area (Å²) in [6, 6.07) is 12.5. The van der Waals surface area contributed by atoms with Crippen molar-refractivity contribution in [2.75, 3.05) is 5.32 Å². The molecule has 166 valence electrons. The molecule has 0 aliphatic rings. The van der Waals surface area contributed by atoms with Crippen LogP contribution < -0.4 is 5.32 Å². The molecule has 0 atom stereocenters. The van der Waals surface area contributed by atoms with Crippen LogP contribution in [0.15, 0.2) is 73.6 Å². The van der Waals surface area contributed by atoms with E-state index in [0.717, 1.165) is 61.4 Å². The van der Waals surface area contributed by atoms with Gasteiger partial charge in [0, 0.05) is 76.2 Å². The van der Waals surface area contributed by atoms with E-state index >= 15 is 0 Å². The first-order valence-electron chi connectivity index (χ1n) is 11.1. The molecule has 0 saturated heterocycles. The first-order chi connectivity index (χ1) is 16.7. The summed E-state index contributed by atoms with van der Waals surface area (Å²) < 4.78 is 0. The first kappa shape index (κ1) is 20.0. The third-order valence-electron chi connectivity index (χ3n) is 5.68. The number of fused-ring (bicyclic) bond motifs is 2. The Kier molecular flexibility index (Phi) is 4.76. The Morgan fingerprint density at radius 1 is 0.794 bits per heavy atom. The molecule has 0 bridgehead atoms. The molecule has 6 rings (SSSR count). The molecule has 0 unspecified atom stereocenters. The van der Waals surface area contributed by atoms with Crippen LogP contribution in [0, 0.1) is 0 Å². The second kappa shape index (κ2) is 8.08. The topological polar surface area (TPSA) is 108 Å². The van der Waals surface area contributed by atoms with Crippen LogP contribution >= 0.6 is 0 Å². The number of H-pyrrole nitrogens is 2.